The Morgan fingerprint density at radius 3 is 2.40 bits per heavy atom. The number of hydrogen-bond acceptors (Lipinski definition) is 6. The van der Waals surface area contributed by atoms with Gasteiger partial charge in [0.1, 0.15) is 12.4 Å². The van der Waals surface area contributed by atoms with E-state index >= 15 is 0 Å². The first-order valence-corrected chi connectivity index (χ1v) is 15.0. The molecular formula is C36H40N2O5. The molecule has 1 amide bonds. The number of esters is 1. The molecule has 0 N–H and O–H groups in total. The number of ether oxygens (including phenoxy) is 2. The monoisotopic (exact) mass is 580 g/mol. The van der Waals surface area contributed by atoms with Crippen LogP contribution >= 0.6 is 0 Å². The van der Waals surface area contributed by atoms with Crippen molar-refractivity contribution in [3.8, 4) is 5.75 Å². The Hall–Kier alpha value is -4.39. The largest absolute Gasteiger partial charge is 0.497 e. The van der Waals surface area contributed by atoms with Crippen molar-refractivity contribution < 1.29 is 23.9 Å². The lowest BCUT2D eigenvalue weighted by atomic mass is 9.74. The van der Waals surface area contributed by atoms with Gasteiger partial charge in [0.25, 0.3) is 0 Å². The number of nitrogens with zero attached hydrogens (tertiary/aromatic N) is 2. The van der Waals surface area contributed by atoms with Gasteiger partial charge >= 0.3 is 5.97 Å². The molecule has 7 nitrogen and oxygen atoms in total. The van der Waals surface area contributed by atoms with Gasteiger partial charge in [0.05, 0.1) is 19.7 Å². The quantitative estimate of drug-likeness (QED) is 0.284. The number of benzene rings is 3. The molecule has 3 aromatic rings. The zero-order valence-corrected chi connectivity index (χ0v) is 25.7. The molecule has 0 saturated heterocycles. The van der Waals surface area contributed by atoms with Crippen molar-refractivity contribution in [1.29, 1.82) is 0 Å². The molecule has 0 fully saturated rings. The van der Waals surface area contributed by atoms with Crippen molar-refractivity contribution >= 4 is 29.0 Å². The Morgan fingerprint density at radius 2 is 1.74 bits per heavy atom. The number of likely N-dealkylation sites (N-methyl/N-ethyl adjacent to an activating group) is 1. The van der Waals surface area contributed by atoms with Gasteiger partial charge in [-0.05, 0) is 85.2 Å². The third-order valence-corrected chi connectivity index (χ3v) is 8.68. The number of ketones is 1. The molecule has 1 heterocycles. The van der Waals surface area contributed by atoms with E-state index in [0.717, 1.165) is 63.5 Å². The Kier molecular flexibility index (Phi) is 9.00. The average molecular weight is 581 g/mol. The number of amides is 1. The molecule has 0 saturated carbocycles. The number of allylic oxidation sites excluding steroid dienone is 1. The van der Waals surface area contributed by atoms with E-state index in [4.69, 9.17) is 9.47 Å². The summed E-state index contributed by atoms with van der Waals surface area (Å²) in [4.78, 5) is 42.9. The Morgan fingerprint density at radius 1 is 1.00 bits per heavy atom. The fourth-order valence-corrected chi connectivity index (χ4v) is 6.61. The zero-order chi connectivity index (χ0) is 30.7. The van der Waals surface area contributed by atoms with Crippen LogP contribution in [0.25, 0.3) is 0 Å². The van der Waals surface area contributed by atoms with Crippen LogP contribution in [0.3, 0.4) is 0 Å². The molecule has 5 rings (SSSR count). The molecule has 2 atom stereocenters. The van der Waals surface area contributed by atoms with E-state index in [9.17, 15) is 14.4 Å². The molecule has 7 heteroatoms. The second kappa shape index (κ2) is 12.9. The fraction of sp³-hybridized carbons (Fsp3) is 0.361. The Balaban J connectivity index is 1.59. The molecule has 0 aromatic heterocycles. The Labute approximate surface area is 254 Å². The highest BCUT2D eigenvalue weighted by atomic mass is 16.5. The van der Waals surface area contributed by atoms with Gasteiger partial charge in [0, 0.05) is 43.8 Å². The molecule has 0 bridgehead atoms. The van der Waals surface area contributed by atoms with Crippen molar-refractivity contribution in [2.75, 3.05) is 36.6 Å². The highest BCUT2D eigenvalue weighted by Crippen LogP contribution is 2.48. The first-order chi connectivity index (χ1) is 20.7. The molecule has 3 aromatic carbocycles. The van der Waals surface area contributed by atoms with Gasteiger partial charge in [-0.1, -0.05) is 42.0 Å². The standard InChI is InChI=1S/C36H40N2O5/c1-6-37(17-18-43-25(4)40)30-13-16-32(23(2)19-30)36-35-29(20-27-9-7-8-10-33(27)38(36)24(3)39)21-28(22-34(35)41)26-11-14-31(42-5)15-12-26/h7-16,19,28,36H,6,17-18,20-22H2,1-5H3. The van der Waals surface area contributed by atoms with Gasteiger partial charge in [-0.2, -0.15) is 0 Å². The number of fused-ring (bicyclic) bond motifs is 1. The summed E-state index contributed by atoms with van der Waals surface area (Å²) in [6, 6.07) is 21.7. The number of aryl methyl sites for hydroxylation is 1. The third-order valence-electron chi connectivity index (χ3n) is 8.68. The zero-order valence-electron chi connectivity index (χ0n) is 25.7. The van der Waals surface area contributed by atoms with Crippen LogP contribution in [-0.2, 0) is 25.5 Å². The van der Waals surface area contributed by atoms with Gasteiger partial charge in [0.2, 0.25) is 5.91 Å². The minimum absolute atomic E-state index is 0.0626. The lowest BCUT2D eigenvalue weighted by molar-refractivity contribution is -0.140. The lowest BCUT2D eigenvalue weighted by Crippen LogP contribution is -2.37. The number of Topliss-reactive ketones (excluding diaryl/α,β-unsaturated/α-hetero) is 1. The van der Waals surface area contributed by atoms with E-state index in [1.807, 2.05) is 48.2 Å². The Bertz CT molecular complexity index is 1560. The van der Waals surface area contributed by atoms with Crippen LogP contribution in [0.1, 0.15) is 67.8 Å². The number of methoxy groups -OCH3 is 1. The number of hydrogen-bond donors (Lipinski definition) is 0. The highest BCUT2D eigenvalue weighted by molar-refractivity contribution is 6.04. The van der Waals surface area contributed by atoms with Crippen molar-refractivity contribution in [2.24, 2.45) is 0 Å². The summed E-state index contributed by atoms with van der Waals surface area (Å²) in [7, 11) is 1.65. The second-order valence-electron chi connectivity index (χ2n) is 11.4. The maximum Gasteiger partial charge on any atom is 0.302 e. The van der Waals surface area contributed by atoms with Gasteiger partial charge in [0.15, 0.2) is 5.78 Å². The maximum atomic E-state index is 14.2. The summed E-state index contributed by atoms with van der Waals surface area (Å²) in [5, 5.41) is 0. The predicted octanol–water partition coefficient (Wildman–Crippen LogP) is 6.49. The highest BCUT2D eigenvalue weighted by Gasteiger charge is 2.41. The minimum Gasteiger partial charge on any atom is -0.497 e. The number of para-hydroxylation sites is 1. The normalized spacial score (nSPS) is 18.0. The number of carbonyl (C=O) groups is 3. The van der Waals surface area contributed by atoms with Crippen LogP contribution in [0.15, 0.2) is 77.9 Å². The van der Waals surface area contributed by atoms with Crippen molar-refractivity contribution in [1.82, 2.24) is 0 Å². The third kappa shape index (κ3) is 6.21. The maximum absolute atomic E-state index is 14.2. The first kappa shape index (κ1) is 30.1. The molecule has 0 spiro atoms. The number of rotatable bonds is 8. The van der Waals surface area contributed by atoms with Gasteiger partial charge in [-0.15, -0.1) is 0 Å². The van der Waals surface area contributed by atoms with E-state index in [-0.39, 0.29) is 23.6 Å². The van der Waals surface area contributed by atoms with Crippen LogP contribution in [0.2, 0.25) is 0 Å². The smallest absolute Gasteiger partial charge is 0.302 e. The molecule has 2 unspecified atom stereocenters. The van der Waals surface area contributed by atoms with Gasteiger partial charge < -0.3 is 19.3 Å². The van der Waals surface area contributed by atoms with Gasteiger partial charge in [-0.3, -0.25) is 14.4 Å². The van der Waals surface area contributed by atoms with Crippen LogP contribution in [0.4, 0.5) is 11.4 Å². The van der Waals surface area contributed by atoms with E-state index in [1.54, 1.807) is 14.0 Å². The minimum atomic E-state index is -0.523. The van der Waals surface area contributed by atoms with E-state index < -0.39 is 6.04 Å². The van der Waals surface area contributed by atoms with Crippen molar-refractivity contribution in [3.63, 3.8) is 0 Å². The number of carbonyl (C=O) groups excluding carboxylic acids is 3. The predicted molar refractivity (Wildman–Crippen MR) is 169 cm³/mol. The topological polar surface area (TPSA) is 76.2 Å². The van der Waals surface area contributed by atoms with Crippen molar-refractivity contribution in [2.45, 2.75) is 58.9 Å². The second-order valence-corrected chi connectivity index (χ2v) is 11.4. The summed E-state index contributed by atoms with van der Waals surface area (Å²) >= 11 is 0. The number of anilines is 2. The van der Waals surface area contributed by atoms with E-state index in [2.05, 4.69) is 42.2 Å². The SMILES string of the molecule is CCN(CCOC(C)=O)c1ccc(C2C3=C(Cc4ccccc4N2C(C)=O)CC(c2ccc(OC)cc2)CC3=O)c(C)c1. The van der Waals surface area contributed by atoms with Crippen LogP contribution in [0.5, 0.6) is 5.75 Å². The summed E-state index contributed by atoms with van der Waals surface area (Å²) in [5.74, 6) is 0.546. The van der Waals surface area contributed by atoms with Crippen molar-refractivity contribution in [3.05, 3.63) is 100 Å². The molecule has 2 aliphatic rings. The molecule has 1 aliphatic carbocycles. The summed E-state index contributed by atoms with van der Waals surface area (Å²) in [6.07, 6.45) is 1.77. The summed E-state index contributed by atoms with van der Waals surface area (Å²) < 4.78 is 10.5. The van der Waals surface area contributed by atoms with E-state index in [1.165, 1.54) is 6.92 Å². The lowest BCUT2D eigenvalue weighted by Gasteiger charge is -2.36. The average Bonchev–Trinajstić information content (AvgIpc) is 3.14. The first-order valence-electron chi connectivity index (χ1n) is 15.0. The fourth-order valence-electron chi connectivity index (χ4n) is 6.61. The molecule has 1 aliphatic heterocycles. The van der Waals surface area contributed by atoms with Crippen LogP contribution in [-0.4, -0.2) is 44.5 Å². The molecule has 43 heavy (non-hydrogen) atoms. The summed E-state index contributed by atoms with van der Waals surface area (Å²) in [5.41, 5.74) is 7.80. The molecule has 0 radical (unpaired) electrons. The molecule has 224 valence electrons. The van der Waals surface area contributed by atoms with Crippen LogP contribution in [0, 0.1) is 6.92 Å². The molecular weight excluding hydrogens is 540 g/mol. The van der Waals surface area contributed by atoms with Gasteiger partial charge in [-0.25, -0.2) is 0 Å². The van der Waals surface area contributed by atoms with Crippen LogP contribution < -0.4 is 14.5 Å². The van der Waals surface area contributed by atoms with E-state index in [0.29, 0.717) is 26.0 Å². The summed E-state index contributed by atoms with van der Waals surface area (Å²) in [6.45, 7) is 8.73.